The van der Waals surface area contributed by atoms with Gasteiger partial charge in [-0.05, 0) is 23.6 Å². The van der Waals surface area contributed by atoms with E-state index in [0.29, 0.717) is 11.0 Å². The zero-order valence-electron chi connectivity index (χ0n) is 14.5. The molecule has 0 amide bonds. The fraction of sp³-hybridized carbons (Fsp3) is 0.118. The number of aromatic nitrogens is 4. The number of aromatic amines is 1. The summed E-state index contributed by atoms with van der Waals surface area (Å²) >= 11 is 1.15. The van der Waals surface area contributed by atoms with Crippen molar-refractivity contribution in [2.45, 2.75) is 4.21 Å². The molecule has 0 unspecified atom stereocenters. The molecule has 144 valence electrons. The summed E-state index contributed by atoms with van der Waals surface area (Å²) in [6.07, 6.45) is 1.47. The number of thiophene rings is 1. The van der Waals surface area contributed by atoms with Gasteiger partial charge in [-0.1, -0.05) is 24.3 Å². The summed E-state index contributed by atoms with van der Waals surface area (Å²) in [6.45, 7) is 0.387. The first-order chi connectivity index (χ1) is 13.5. The summed E-state index contributed by atoms with van der Waals surface area (Å²) in [4.78, 5) is 19.3. The maximum atomic E-state index is 12.3. The molecular formula is C17H16N6O3S2. The molecular weight excluding hydrogens is 400 g/mol. The van der Waals surface area contributed by atoms with Crippen molar-refractivity contribution in [2.24, 2.45) is 0 Å². The zero-order chi connectivity index (χ0) is 19.6. The Morgan fingerprint density at radius 3 is 2.68 bits per heavy atom. The highest BCUT2D eigenvalue weighted by molar-refractivity contribution is 7.91. The van der Waals surface area contributed by atoms with E-state index in [2.05, 4.69) is 25.1 Å². The third-order valence-corrected chi connectivity index (χ3v) is 6.77. The standard InChI is InChI=1S/C17H16N6O3S2/c24-16-13-11-19-23(12-5-2-1-3-6-12)15(13)21-17(22-16)18-8-9-20-28(25,26)14-7-4-10-27-14/h1-7,10-11,20H,8-9H2,(H2,18,21,22,24). The number of nitrogens with one attached hydrogen (secondary N) is 3. The van der Waals surface area contributed by atoms with E-state index in [1.54, 1.807) is 16.1 Å². The SMILES string of the molecule is O=c1[nH]c(NCCNS(=O)(=O)c2cccs2)nc2c1cnn2-c1ccccc1. The van der Waals surface area contributed by atoms with Crippen LogP contribution in [-0.4, -0.2) is 41.3 Å². The van der Waals surface area contributed by atoms with Crippen LogP contribution in [0.1, 0.15) is 0 Å². The Kier molecular flexibility index (Phi) is 4.94. The number of nitrogens with zero attached hydrogens (tertiary/aromatic N) is 3. The third kappa shape index (κ3) is 3.67. The van der Waals surface area contributed by atoms with E-state index in [1.807, 2.05) is 30.3 Å². The zero-order valence-corrected chi connectivity index (χ0v) is 16.1. The minimum absolute atomic E-state index is 0.139. The lowest BCUT2D eigenvalue weighted by Gasteiger charge is -2.08. The molecule has 1 aromatic carbocycles. The van der Waals surface area contributed by atoms with E-state index < -0.39 is 10.0 Å². The Bertz CT molecular complexity index is 1250. The average Bonchev–Trinajstić information content (AvgIpc) is 3.36. The fourth-order valence-corrected chi connectivity index (χ4v) is 4.68. The second-order valence-corrected chi connectivity index (χ2v) is 8.74. The van der Waals surface area contributed by atoms with Crippen LogP contribution in [0.5, 0.6) is 0 Å². The Morgan fingerprint density at radius 2 is 1.93 bits per heavy atom. The first-order valence-corrected chi connectivity index (χ1v) is 10.7. The molecule has 11 heteroatoms. The first kappa shape index (κ1) is 18.3. The van der Waals surface area contributed by atoms with Crippen LogP contribution in [0.2, 0.25) is 0 Å². The highest BCUT2D eigenvalue weighted by atomic mass is 32.2. The van der Waals surface area contributed by atoms with Gasteiger partial charge in [0.25, 0.3) is 5.56 Å². The first-order valence-electron chi connectivity index (χ1n) is 8.35. The van der Waals surface area contributed by atoms with Crippen molar-refractivity contribution < 1.29 is 8.42 Å². The molecule has 0 fully saturated rings. The Morgan fingerprint density at radius 1 is 1.11 bits per heavy atom. The van der Waals surface area contributed by atoms with E-state index >= 15 is 0 Å². The molecule has 3 N–H and O–H groups in total. The summed E-state index contributed by atoms with van der Waals surface area (Å²) < 4.78 is 28.5. The van der Waals surface area contributed by atoms with Crippen molar-refractivity contribution in [3.63, 3.8) is 0 Å². The highest BCUT2D eigenvalue weighted by Gasteiger charge is 2.14. The molecule has 28 heavy (non-hydrogen) atoms. The van der Waals surface area contributed by atoms with Gasteiger partial charge in [0.15, 0.2) is 5.65 Å². The quantitative estimate of drug-likeness (QED) is 0.393. The summed E-state index contributed by atoms with van der Waals surface area (Å²) in [6, 6.07) is 12.6. The Balaban J connectivity index is 1.50. The van der Waals surface area contributed by atoms with Crippen molar-refractivity contribution in [1.82, 2.24) is 24.5 Å². The topological polar surface area (TPSA) is 122 Å². The van der Waals surface area contributed by atoms with Crippen LogP contribution in [0, 0.1) is 0 Å². The van der Waals surface area contributed by atoms with Crippen LogP contribution < -0.4 is 15.6 Å². The number of H-pyrrole nitrogens is 1. The van der Waals surface area contributed by atoms with Gasteiger partial charge in [-0.3, -0.25) is 9.78 Å². The van der Waals surface area contributed by atoms with Gasteiger partial charge in [-0.15, -0.1) is 11.3 Å². The smallest absolute Gasteiger partial charge is 0.263 e. The normalized spacial score (nSPS) is 11.7. The molecule has 0 spiro atoms. The van der Waals surface area contributed by atoms with Crippen molar-refractivity contribution in [3.05, 3.63) is 64.4 Å². The van der Waals surface area contributed by atoms with Gasteiger partial charge < -0.3 is 5.32 Å². The van der Waals surface area contributed by atoms with E-state index in [0.717, 1.165) is 17.0 Å². The maximum Gasteiger partial charge on any atom is 0.263 e. The molecule has 0 aliphatic carbocycles. The predicted molar refractivity (Wildman–Crippen MR) is 107 cm³/mol. The summed E-state index contributed by atoms with van der Waals surface area (Å²) in [5.41, 5.74) is 0.871. The molecule has 4 aromatic rings. The number of benzene rings is 1. The summed E-state index contributed by atoms with van der Waals surface area (Å²) in [5.74, 6) is 0.241. The molecule has 3 aromatic heterocycles. The van der Waals surface area contributed by atoms with Crippen LogP contribution in [0.15, 0.2) is 63.0 Å². The minimum atomic E-state index is -3.53. The number of para-hydroxylation sites is 1. The molecule has 4 rings (SSSR count). The van der Waals surface area contributed by atoms with Crippen molar-refractivity contribution in [1.29, 1.82) is 0 Å². The van der Waals surface area contributed by atoms with Crippen LogP contribution in [0.4, 0.5) is 5.95 Å². The second-order valence-electron chi connectivity index (χ2n) is 5.80. The monoisotopic (exact) mass is 416 g/mol. The number of rotatable bonds is 7. The third-order valence-electron chi connectivity index (χ3n) is 3.91. The summed E-state index contributed by atoms with van der Waals surface area (Å²) in [5, 5.41) is 9.24. The Labute approximate surface area is 164 Å². The van der Waals surface area contributed by atoms with Crippen LogP contribution in [0.3, 0.4) is 0 Å². The number of anilines is 1. The predicted octanol–water partition coefficient (Wildman–Crippen LogP) is 1.56. The molecule has 0 atom stereocenters. The lowest BCUT2D eigenvalue weighted by molar-refractivity contribution is 0.585. The molecule has 3 heterocycles. The van der Waals surface area contributed by atoms with E-state index in [-0.39, 0.29) is 28.8 Å². The van der Waals surface area contributed by atoms with Gasteiger partial charge in [0.05, 0.1) is 11.9 Å². The highest BCUT2D eigenvalue weighted by Crippen LogP contribution is 2.15. The Hall–Kier alpha value is -3.02. The lowest BCUT2D eigenvalue weighted by Crippen LogP contribution is -2.29. The second kappa shape index (κ2) is 7.54. The summed E-state index contributed by atoms with van der Waals surface area (Å²) in [7, 11) is -3.53. The molecule has 9 nitrogen and oxygen atoms in total. The van der Waals surface area contributed by atoms with Crippen molar-refractivity contribution in [3.8, 4) is 5.69 Å². The van der Waals surface area contributed by atoms with Gasteiger partial charge in [-0.25, -0.2) is 17.8 Å². The molecule has 0 aliphatic rings. The minimum Gasteiger partial charge on any atom is -0.354 e. The van der Waals surface area contributed by atoms with Gasteiger partial charge in [0.2, 0.25) is 16.0 Å². The van der Waals surface area contributed by atoms with Gasteiger partial charge >= 0.3 is 0 Å². The van der Waals surface area contributed by atoms with Crippen LogP contribution in [0.25, 0.3) is 16.7 Å². The number of hydrogen-bond donors (Lipinski definition) is 3. The number of hydrogen-bond acceptors (Lipinski definition) is 7. The molecule has 0 aliphatic heterocycles. The fourth-order valence-electron chi connectivity index (χ4n) is 2.61. The molecule has 0 bridgehead atoms. The molecule has 0 saturated carbocycles. The van der Waals surface area contributed by atoms with Crippen molar-refractivity contribution >= 4 is 38.3 Å². The van der Waals surface area contributed by atoms with Crippen LogP contribution >= 0.6 is 11.3 Å². The largest absolute Gasteiger partial charge is 0.354 e. The molecule has 0 radical (unpaired) electrons. The van der Waals surface area contributed by atoms with E-state index in [9.17, 15) is 13.2 Å². The van der Waals surface area contributed by atoms with Crippen LogP contribution in [-0.2, 0) is 10.0 Å². The van der Waals surface area contributed by atoms with Gasteiger partial charge in [0, 0.05) is 13.1 Å². The van der Waals surface area contributed by atoms with E-state index in [4.69, 9.17) is 0 Å². The van der Waals surface area contributed by atoms with Gasteiger partial charge in [0.1, 0.15) is 9.60 Å². The molecule has 0 saturated heterocycles. The number of sulfonamides is 1. The van der Waals surface area contributed by atoms with Crippen molar-refractivity contribution in [2.75, 3.05) is 18.4 Å². The number of fused-ring (bicyclic) bond motifs is 1. The maximum absolute atomic E-state index is 12.3. The lowest BCUT2D eigenvalue weighted by atomic mass is 10.3. The van der Waals surface area contributed by atoms with E-state index in [1.165, 1.54) is 12.3 Å². The average molecular weight is 416 g/mol. The van der Waals surface area contributed by atoms with Gasteiger partial charge in [-0.2, -0.15) is 10.1 Å².